The third-order valence-electron chi connectivity index (χ3n) is 3.34. The first kappa shape index (κ1) is 13.2. The Morgan fingerprint density at radius 2 is 2.16 bits per heavy atom. The van der Waals surface area contributed by atoms with Gasteiger partial charge in [0.05, 0.1) is 5.25 Å². The van der Waals surface area contributed by atoms with Crippen molar-refractivity contribution in [1.82, 2.24) is 15.5 Å². The van der Waals surface area contributed by atoms with Crippen molar-refractivity contribution in [3.63, 3.8) is 0 Å². The van der Waals surface area contributed by atoms with E-state index in [0.717, 1.165) is 35.4 Å². The van der Waals surface area contributed by atoms with Gasteiger partial charge < -0.3 is 10.2 Å². The normalized spacial score (nSPS) is 20.6. The van der Waals surface area contributed by atoms with Crippen molar-refractivity contribution in [2.75, 3.05) is 18.0 Å². The van der Waals surface area contributed by atoms with E-state index in [1.165, 1.54) is 24.6 Å². The van der Waals surface area contributed by atoms with E-state index in [2.05, 4.69) is 20.4 Å². The smallest absolute Gasteiger partial charge is 0.233 e. The fourth-order valence-corrected chi connectivity index (χ4v) is 4.08. The van der Waals surface area contributed by atoms with Crippen LogP contribution in [0.5, 0.6) is 0 Å². The highest BCUT2D eigenvalue weighted by Gasteiger charge is 2.27. The summed E-state index contributed by atoms with van der Waals surface area (Å²) in [6.45, 7) is 4.09. The predicted octanol–water partition coefficient (Wildman–Crippen LogP) is 1.90. The van der Waals surface area contributed by atoms with Gasteiger partial charge in [-0.2, -0.15) is 0 Å². The van der Waals surface area contributed by atoms with Gasteiger partial charge in [0.2, 0.25) is 11.0 Å². The van der Waals surface area contributed by atoms with E-state index < -0.39 is 0 Å². The lowest BCUT2D eigenvalue weighted by molar-refractivity contribution is -0.120. The Balaban J connectivity index is 1.54. The zero-order valence-corrected chi connectivity index (χ0v) is 12.6. The van der Waals surface area contributed by atoms with Crippen molar-refractivity contribution in [3.05, 3.63) is 0 Å². The number of rotatable bonds is 5. The van der Waals surface area contributed by atoms with Crippen LogP contribution in [0, 0.1) is 0 Å². The lowest BCUT2D eigenvalue weighted by atomic mass is 10.4. The van der Waals surface area contributed by atoms with Gasteiger partial charge in [-0.3, -0.25) is 4.79 Å². The summed E-state index contributed by atoms with van der Waals surface area (Å²) in [5.41, 5.74) is 0. The second-order valence-electron chi connectivity index (χ2n) is 5.09. The Morgan fingerprint density at radius 3 is 2.84 bits per heavy atom. The van der Waals surface area contributed by atoms with E-state index in [4.69, 9.17) is 0 Å². The number of hydrogen-bond donors (Lipinski definition) is 1. The molecule has 1 saturated heterocycles. The monoisotopic (exact) mass is 298 g/mol. The number of anilines is 1. The zero-order chi connectivity index (χ0) is 13.2. The highest BCUT2D eigenvalue weighted by molar-refractivity contribution is 8.02. The Hall–Kier alpha value is -0.820. The van der Waals surface area contributed by atoms with Gasteiger partial charge in [-0.05, 0) is 32.6 Å². The molecule has 2 aliphatic rings. The molecule has 0 spiro atoms. The molecule has 1 atom stereocenters. The maximum Gasteiger partial charge on any atom is 0.233 e. The molecule has 1 N–H and O–H groups in total. The van der Waals surface area contributed by atoms with Crippen LogP contribution < -0.4 is 10.2 Å². The molecule has 1 aliphatic carbocycles. The van der Waals surface area contributed by atoms with Gasteiger partial charge in [0, 0.05) is 19.1 Å². The number of carbonyl (C=O) groups excluding carboxylic acids is 1. The average Bonchev–Trinajstić information content (AvgIpc) is 2.90. The first-order chi connectivity index (χ1) is 9.22. The van der Waals surface area contributed by atoms with E-state index in [9.17, 15) is 4.79 Å². The summed E-state index contributed by atoms with van der Waals surface area (Å²) in [5, 5.41) is 12.3. The molecule has 0 bridgehead atoms. The van der Waals surface area contributed by atoms with Gasteiger partial charge in [0.25, 0.3) is 0 Å². The number of nitrogens with zero attached hydrogens (tertiary/aromatic N) is 3. The topological polar surface area (TPSA) is 58.1 Å². The highest BCUT2D eigenvalue weighted by Crippen LogP contribution is 2.32. The summed E-state index contributed by atoms with van der Waals surface area (Å²) in [4.78, 5) is 14.1. The zero-order valence-electron chi connectivity index (χ0n) is 11.0. The fourth-order valence-electron chi connectivity index (χ4n) is 2.04. The van der Waals surface area contributed by atoms with Crippen LogP contribution in [0.1, 0.15) is 32.6 Å². The van der Waals surface area contributed by atoms with Crippen molar-refractivity contribution in [2.24, 2.45) is 0 Å². The standard InChI is InChI=1S/C12H18N4OS2/c1-8(10(17)13-9-4-5-9)18-12-15-14-11(19-12)16-6-2-3-7-16/h8-9H,2-7H2,1H3,(H,13,17)/t8-/m1/s1. The van der Waals surface area contributed by atoms with Gasteiger partial charge in [0.15, 0.2) is 4.34 Å². The second kappa shape index (κ2) is 5.66. The predicted molar refractivity (Wildman–Crippen MR) is 77.8 cm³/mol. The van der Waals surface area contributed by atoms with Crippen molar-refractivity contribution in [1.29, 1.82) is 0 Å². The first-order valence-corrected chi connectivity index (χ1v) is 8.47. The molecule has 1 saturated carbocycles. The number of aromatic nitrogens is 2. The quantitative estimate of drug-likeness (QED) is 0.841. The van der Waals surface area contributed by atoms with Crippen LogP contribution in [0.3, 0.4) is 0 Å². The van der Waals surface area contributed by atoms with Crippen molar-refractivity contribution >= 4 is 34.1 Å². The molecule has 3 rings (SSSR count). The Bertz CT molecular complexity index is 454. The second-order valence-corrected chi connectivity index (χ2v) is 7.63. The molecule has 1 aromatic rings. The molecule has 0 radical (unpaired) electrons. The minimum atomic E-state index is -0.0972. The largest absolute Gasteiger partial charge is 0.352 e. The molecule has 1 amide bonds. The van der Waals surface area contributed by atoms with Crippen LogP contribution in [0.2, 0.25) is 0 Å². The minimum absolute atomic E-state index is 0.0972. The maximum absolute atomic E-state index is 11.9. The van der Waals surface area contributed by atoms with Gasteiger partial charge in [-0.25, -0.2) is 0 Å². The highest BCUT2D eigenvalue weighted by atomic mass is 32.2. The first-order valence-electron chi connectivity index (χ1n) is 6.78. The number of thioether (sulfide) groups is 1. The molecular weight excluding hydrogens is 280 g/mol. The summed E-state index contributed by atoms with van der Waals surface area (Å²) < 4.78 is 0.889. The summed E-state index contributed by atoms with van der Waals surface area (Å²) in [5.74, 6) is 0.116. The molecule has 1 aromatic heterocycles. The molecule has 5 nitrogen and oxygen atoms in total. The summed E-state index contributed by atoms with van der Waals surface area (Å²) in [6.07, 6.45) is 4.73. The van der Waals surface area contributed by atoms with Crippen molar-refractivity contribution in [3.8, 4) is 0 Å². The van der Waals surface area contributed by atoms with Crippen LogP contribution in [0.4, 0.5) is 5.13 Å². The van der Waals surface area contributed by atoms with Gasteiger partial charge >= 0.3 is 0 Å². The van der Waals surface area contributed by atoms with Crippen LogP contribution in [-0.2, 0) is 4.79 Å². The van der Waals surface area contributed by atoms with Crippen LogP contribution in [-0.4, -0.2) is 40.5 Å². The third-order valence-corrected chi connectivity index (χ3v) is 5.51. The number of hydrogen-bond acceptors (Lipinski definition) is 6. The Kier molecular flexibility index (Phi) is 3.93. The third kappa shape index (κ3) is 3.39. The molecular formula is C12H18N4OS2. The van der Waals surface area contributed by atoms with E-state index in [-0.39, 0.29) is 11.2 Å². The summed E-state index contributed by atoms with van der Waals surface area (Å²) in [6, 6.07) is 0.421. The Morgan fingerprint density at radius 1 is 1.42 bits per heavy atom. The minimum Gasteiger partial charge on any atom is -0.352 e. The summed E-state index contributed by atoms with van der Waals surface area (Å²) >= 11 is 3.10. The van der Waals surface area contributed by atoms with Crippen LogP contribution in [0.15, 0.2) is 4.34 Å². The maximum atomic E-state index is 11.9. The van der Waals surface area contributed by atoms with E-state index in [0.29, 0.717) is 6.04 Å². The van der Waals surface area contributed by atoms with Gasteiger partial charge in [-0.15, -0.1) is 10.2 Å². The summed E-state index contributed by atoms with van der Waals surface area (Å²) in [7, 11) is 0. The molecule has 2 heterocycles. The van der Waals surface area contributed by atoms with Crippen LogP contribution in [0.25, 0.3) is 0 Å². The fraction of sp³-hybridized carbons (Fsp3) is 0.750. The number of carbonyl (C=O) groups is 1. The lowest BCUT2D eigenvalue weighted by Crippen LogP contribution is -2.32. The molecule has 7 heteroatoms. The molecule has 2 fully saturated rings. The molecule has 1 aliphatic heterocycles. The Labute approximate surface area is 121 Å². The van der Waals surface area contributed by atoms with Gasteiger partial charge in [-0.1, -0.05) is 23.1 Å². The van der Waals surface area contributed by atoms with E-state index >= 15 is 0 Å². The number of amides is 1. The van der Waals surface area contributed by atoms with E-state index in [1.807, 2.05) is 6.92 Å². The van der Waals surface area contributed by atoms with E-state index in [1.54, 1.807) is 11.3 Å². The lowest BCUT2D eigenvalue weighted by Gasteiger charge is -2.11. The molecule has 19 heavy (non-hydrogen) atoms. The van der Waals surface area contributed by atoms with Crippen molar-refractivity contribution < 1.29 is 4.79 Å². The molecule has 0 aromatic carbocycles. The average molecular weight is 298 g/mol. The molecule has 104 valence electrons. The van der Waals surface area contributed by atoms with Gasteiger partial charge in [0.1, 0.15) is 0 Å². The number of nitrogens with one attached hydrogen (secondary N) is 1. The molecule has 0 unspecified atom stereocenters. The van der Waals surface area contributed by atoms with Crippen LogP contribution >= 0.6 is 23.1 Å². The SMILES string of the molecule is C[C@@H](Sc1nnc(N2CCCC2)s1)C(=O)NC1CC1. The van der Waals surface area contributed by atoms with Crippen molar-refractivity contribution in [2.45, 2.75) is 48.2 Å².